The molecule has 2 bridgehead atoms. The number of piperidine rings is 1. The molecule has 2 fully saturated rings. The highest BCUT2D eigenvalue weighted by atomic mass is 16.6. The van der Waals surface area contributed by atoms with Gasteiger partial charge >= 0.3 is 0 Å². The van der Waals surface area contributed by atoms with E-state index in [0.29, 0.717) is 37.6 Å². The zero-order valence-corrected chi connectivity index (χ0v) is 10.6. The highest BCUT2D eigenvalue weighted by Gasteiger charge is 2.44. The zero-order chi connectivity index (χ0) is 12.7. The van der Waals surface area contributed by atoms with Gasteiger partial charge in [-0.25, -0.2) is 0 Å². The van der Waals surface area contributed by atoms with Gasteiger partial charge in [-0.2, -0.15) is 0 Å². The van der Waals surface area contributed by atoms with Crippen molar-refractivity contribution in [1.82, 2.24) is 4.90 Å². The summed E-state index contributed by atoms with van der Waals surface area (Å²) in [7, 11) is 0. The van der Waals surface area contributed by atoms with Crippen LogP contribution >= 0.6 is 0 Å². The van der Waals surface area contributed by atoms with E-state index in [1.54, 1.807) is 6.92 Å². The molecule has 0 aromatic heterocycles. The molecular formula is C13H19NO4. The number of ether oxygens (including phenoxy) is 2. The van der Waals surface area contributed by atoms with Crippen LogP contribution in [-0.4, -0.2) is 47.3 Å². The monoisotopic (exact) mass is 253 g/mol. The molecule has 18 heavy (non-hydrogen) atoms. The van der Waals surface area contributed by atoms with Crippen molar-refractivity contribution in [2.24, 2.45) is 0 Å². The molecule has 0 spiro atoms. The minimum absolute atomic E-state index is 0.0633. The van der Waals surface area contributed by atoms with Crippen LogP contribution in [0.1, 0.15) is 32.6 Å². The second kappa shape index (κ2) is 4.46. The second-order valence-electron chi connectivity index (χ2n) is 5.30. The number of allylic oxidation sites excluding steroid dienone is 1. The molecule has 1 unspecified atom stereocenters. The summed E-state index contributed by atoms with van der Waals surface area (Å²) in [6.45, 7) is 2.71. The number of amides is 1. The predicted molar refractivity (Wildman–Crippen MR) is 63.5 cm³/mol. The Morgan fingerprint density at radius 1 is 1.22 bits per heavy atom. The maximum atomic E-state index is 12.5. The van der Waals surface area contributed by atoms with Gasteiger partial charge in [-0.1, -0.05) is 0 Å². The second-order valence-corrected chi connectivity index (χ2v) is 5.30. The molecule has 5 heteroatoms. The largest absolute Gasteiger partial charge is 0.491 e. The van der Waals surface area contributed by atoms with E-state index < -0.39 is 0 Å². The van der Waals surface area contributed by atoms with Gasteiger partial charge in [0.15, 0.2) is 0 Å². The van der Waals surface area contributed by atoms with Gasteiger partial charge in [0.25, 0.3) is 5.91 Å². The van der Waals surface area contributed by atoms with Crippen molar-refractivity contribution in [2.45, 2.75) is 50.8 Å². The summed E-state index contributed by atoms with van der Waals surface area (Å²) in [5, 5.41) is 9.75. The Balaban J connectivity index is 1.81. The van der Waals surface area contributed by atoms with E-state index in [1.807, 2.05) is 4.90 Å². The molecule has 0 aromatic carbocycles. The quantitative estimate of drug-likeness (QED) is 0.750. The number of aliphatic hydroxyl groups is 1. The number of fused-ring (bicyclic) bond motifs is 2. The van der Waals surface area contributed by atoms with Crippen molar-refractivity contribution < 1.29 is 19.4 Å². The predicted octanol–water partition coefficient (Wildman–Crippen LogP) is 0.779. The van der Waals surface area contributed by atoms with Crippen LogP contribution in [0.2, 0.25) is 0 Å². The highest BCUT2D eigenvalue weighted by molar-refractivity contribution is 5.92. The zero-order valence-electron chi connectivity index (χ0n) is 10.6. The van der Waals surface area contributed by atoms with Crippen molar-refractivity contribution >= 4 is 5.91 Å². The third kappa shape index (κ3) is 1.86. The van der Waals surface area contributed by atoms with Crippen molar-refractivity contribution in [3.05, 3.63) is 11.5 Å². The van der Waals surface area contributed by atoms with Crippen molar-refractivity contribution in [2.75, 3.05) is 13.2 Å². The summed E-state index contributed by atoms with van der Waals surface area (Å²) in [4.78, 5) is 14.4. The summed E-state index contributed by atoms with van der Waals surface area (Å²) < 4.78 is 10.8. The lowest BCUT2D eigenvalue weighted by molar-refractivity contribution is -0.138. The van der Waals surface area contributed by atoms with E-state index in [2.05, 4.69) is 0 Å². The molecule has 2 saturated heterocycles. The maximum absolute atomic E-state index is 12.5. The van der Waals surface area contributed by atoms with E-state index in [-0.39, 0.29) is 24.1 Å². The lowest BCUT2D eigenvalue weighted by Crippen LogP contribution is -2.49. The van der Waals surface area contributed by atoms with E-state index >= 15 is 0 Å². The third-order valence-electron chi connectivity index (χ3n) is 4.11. The summed E-state index contributed by atoms with van der Waals surface area (Å²) >= 11 is 0. The SMILES string of the molecule is CC1=C(C(=O)N2[C@@H]3CC[C@H]2CC(O)C3)OCCO1. The third-order valence-corrected chi connectivity index (χ3v) is 4.11. The van der Waals surface area contributed by atoms with Crippen molar-refractivity contribution in [3.8, 4) is 0 Å². The Labute approximate surface area is 106 Å². The summed E-state index contributed by atoms with van der Waals surface area (Å²) in [6.07, 6.45) is 3.09. The number of carbonyl (C=O) groups is 1. The Hall–Kier alpha value is -1.23. The van der Waals surface area contributed by atoms with Gasteiger partial charge in [0.1, 0.15) is 19.0 Å². The molecule has 3 heterocycles. The first kappa shape index (κ1) is 11.8. The van der Waals surface area contributed by atoms with Crippen LogP contribution in [0.15, 0.2) is 11.5 Å². The van der Waals surface area contributed by atoms with Gasteiger partial charge < -0.3 is 19.5 Å². The molecule has 0 aliphatic carbocycles. The molecule has 1 amide bonds. The number of hydrogen-bond acceptors (Lipinski definition) is 4. The Morgan fingerprint density at radius 2 is 1.83 bits per heavy atom. The lowest BCUT2D eigenvalue weighted by Gasteiger charge is -2.38. The summed E-state index contributed by atoms with van der Waals surface area (Å²) in [5.74, 6) is 0.873. The lowest BCUT2D eigenvalue weighted by atomic mass is 9.99. The van der Waals surface area contributed by atoms with Crippen LogP contribution in [0.3, 0.4) is 0 Å². The van der Waals surface area contributed by atoms with Gasteiger partial charge in [0.05, 0.1) is 6.10 Å². The van der Waals surface area contributed by atoms with E-state index in [4.69, 9.17) is 9.47 Å². The molecule has 3 aliphatic rings. The fourth-order valence-corrected chi connectivity index (χ4v) is 3.32. The molecule has 1 N–H and O–H groups in total. The average molecular weight is 253 g/mol. The number of carbonyl (C=O) groups excluding carboxylic acids is 1. The Morgan fingerprint density at radius 3 is 2.44 bits per heavy atom. The van der Waals surface area contributed by atoms with Crippen molar-refractivity contribution in [3.63, 3.8) is 0 Å². The minimum atomic E-state index is -0.259. The maximum Gasteiger partial charge on any atom is 0.293 e. The smallest absolute Gasteiger partial charge is 0.293 e. The molecule has 3 aliphatic heterocycles. The van der Waals surface area contributed by atoms with E-state index in [0.717, 1.165) is 12.8 Å². The first-order chi connectivity index (χ1) is 8.66. The first-order valence-electron chi connectivity index (χ1n) is 6.64. The van der Waals surface area contributed by atoms with Crippen LogP contribution in [0.25, 0.3) is 0 Å². The minimum Gasteiger partial charge on any atom is -0.491 e. The van der Waals surface area contributed by atoms with Gasteiger partial charge in [-0.15, -0.1) is 0 Å². The Bertz CT molecular complexity index is 378. The van der Waals surface area contributed by atoms with Gasteiger partial charge in [-0.3, -0.25) is 4.79 Å². The molecule has 0 aromatic rings. The fourth-order valence-electron chi connectivity index (χ4n) is 3.32. The topological polar surface area (TPSA) is 59.0 Å². The fraction of sp³-hybridized carbons (Fsp3) is 0.769. The van der Waals surface area contributed by atoms with E-state index in [1.165, 1.54) is 0 Å². The van der Waals surface area contributed by atoms with E-state index in [9.17, 15) is 9.90 Å². The van der Waals surface area contributed by atoms with Gasteiger partial charge in [0.2, 0.25) is 5.76 Å². The molecule has 3 atom stereocenters. The first-order valence-corrected chi connectivity index (χ1v) is 6.64. The van der Waals surface area contributed by atoms with Gasteiger partial charge in [-0.05, 0) is 32.6 Å². The molecule has 0 radical (unpaired) electrons. The van der Waals surface area contributed by atoms with Crippen LogP contribution < -0.4 is 0 Å². The molecule has 0 saturated carbocycles. The van der Waals surface area contributed by atoms with Crippen LogP contribution in [0.4, 0.5) is 0 Å². The number of aliphatic hydroxyl groups excluding tert-OH is 1. The van der Waals surface area contributed by atoms with Crippen LogP contribution in [0.5, 0.6) is 0 Å². The number of hydrogen-bond donors (Lipinski definition) is 1. The normalized spacial score (nSPS) is 35.2. The molecule has 5 nitrogen and oxygen atoms in total. The van der Waals surface area contributed by atoms with Crippen molar-refractivity contribution in [1.29, 1.82) is 0 Å². The Kier molecular flexibility index (Phi) is 2.93. The summed E-state index contributed by atoms with van der Waals surface area (Å²) in [6, 6.07) is 0.328. The standard InChI is InChI=1S/C13H19NO4/c1-8-12(18-5-4-17-8)13(16)14-9-2-3-10(14)7-11(15)6-9/h9-11,15H,2-7H2,1H3/t9-,10+,11?. The number of rotatable bonds is 1. The average Bonchev–Trinajstić information content (AvgIpc) is 2.61. The molecule has 3 rings (SSSR count). The highest BCUT2D eigenvalue weighted by Crippen LogP contribution is 2.37. The molecule has 100 valence electrons. The van der Waals surface area contributed by atoms with Crippen LogP contribution in [-0.2, 0) is 14.3 Å². The summed E-state index contributed by atoms with van der Waals surface area (Å²) in [5.41, 5.74) is 0. The van der Waals surface area contributed by atoms with Gasteiger partial charge in [0, 0.05) is 12.1 Å². The van der Waals surface area contributed by atoms with Crippen LogP contribution in [0, 0.1) is 0 Å². The number of nitrogens with zero attached hydrogens (tertiary/aromatic N) is 1. The molecular weight excluding hydrogens is 234 g/mol.